The van der Waals surface area contributed by atoms with E-state index < -0.39 is 11.2 Å². The van der Waals surface area contributed by atoms with Crippen molar-refractivity contribution in [1.29, 1.82) is 0 Å². The van der Waals surface area contributed by atoms with Gasteiger partial charge in [0.1, 0.15) is 24.2 Å². The number of aliphatic hydroxyl groups excluding tert-OH is 1. The van der Waals surface area contributed by atoms with Gasteiger partial charge in [-0.2, -0.15) is 0 Å². The first-order valence-corrected chi connectivity index (χ1v) is 7.51. The number of ether oxygens (including phenoxy) is 2. The van der Waals surface area contributed by atoms with Gasteiger partial charge in [-0.1, -0.05) is 13.8 Å². The van der Waals surface area contributed by atoms with Crippen LogP contribution in [0.4, 0.5) is 0 Å². The second-order valence-corrected chi connectivity index (χ2v) is 5.26. The van der Waals surface area contributed by atoms with Crippen LogP contribution in [0.15, 0.2) is 24.3 Å². The van der Waals surface area contributed by atoms with Crippen LogP contribution in [0.2, 0.25) is 0 Å². The Kier molecular flexibility index (Phi) is 8.78. The van der Waals surface area contributed by atoms with Crippen LogP contribution in [-0.4, -0.2) is 48.7 Å². The van der Waals surface area contributed by atoms with E-state index in [4.69, 9.17) is 9.47 Å². The van der Waals surface area contributed by atoms with Gasteiger partial charge in [-0.3, -0.25) is 0 Å². The predicted molar refractivity (Wildman–Crippen MR) is 84.1 cm³/mol. The number of hydrogen-bond acceptors (Lipinski definition) is 7. The number of nitrogens with one attached hydrogen (secondary N) is 1. The molecule has 23 heavy (non-hydrogen) atoms. The standard InChI is InChI=1S/C15H24N2O6/c1-12(2)16-10-13(18)11-22-15-6-4-14(5-7-15)21-8-3-9-23-17(19)20/h4-7,12-13,16,18H,3,8-11H2,1-2H3. The molecule has 0 heterocycles. The molecule has 0 aliphatic carbocycles. The topological polar surface area (TPSA) is 103 Å². The molecule has 1 unspecified atom stereocenters. The Morgan fingerprint density at radius 1 is 1.17 bits per heavy atom. The van der Waals surface area contributed by atoms with E-state index >= 15 is 0 Å². The summed E-state index contributed by atoms with van der Waals surface area (Å²) in [4.78, 5) is 14.1. The van der Waals surface area contributed by atoms with Crippen molar-refractivity contribution < 1.29 is 24.5 Å². The first-order chi connectivity index (χ1) is 11.0. The summed E-state index contributed by atoms with van der Waals surface area (Å²) < 4.78 is 10.9. The molecule has 0 saturated heterocycles. The van der Waals surface area contributed by atoms with Crippen LogP contribution in [0.25, 0.3) is 0 Å². The molecule has 0 amide bonds. The molecule has 1 aromatic carbocycles. The predicted octanol–water partition coefficient (Wildman–Crippen LogP) is 1.40. The summed E-state index contributed by atoms with van der Waals surface area (Å²) >= 11 is 0. The molecule has 1 rings (SSSR count). The molecular weight excluding hydrogens is 304 g/mol. The Morgan fingerprint density at radius 3 is 2.35 bits per heavy atom. The van der Waals surface area contributed by atoms with Crippen molar-refractivity contribution in [2.24, 2.45) is 0 Å². The van der Waals surface area contributed by atoms with E-state index in [0.29, 0.717) is 37.1 Å². The van der Waals surface area contributed by atoms with Crippen molar-refractivity contribution in [1.82, 2.24) is 5.32 Å². The third kappa shape index (κ3) is 9.54. The monoisotopic (exact) mass is 328 g/mol. The Balaban J connectivity index is 2.21. The molecule has 0 radical (unpaired) electrons. The molecule has 0 aromatic heterocycles. The summed E-state index contributed by atoms with van der Waals surface area (Å²) in [6, 6.07) is 7.28. The molecular formula is C15H24N2O6. The molecule has 2 N–H and O–H groups in total. The van der Waals surface area contributed by atoms with E-state index in [1.807, 2.05) is 13.8 Å². The quantitative estimate of drug-likeness (QED) is 0.339. The molecule has 8 heteroatoms. The number of aliphatic hydroxyl groups is 1. The molecule has 130 valence electrons. The molecule has 1 aromatic rings. The zero-order valence-electron chi connectivity index (χ0n) is 13.4. The van der Waals surface area contributed by atoms with Gasteiger partial charge in [-0.25, -0.2) is 0 Å². The molecule has 0 spiro atoms. The Hall–Kier alpha value is -2.06. The lowest BCUT2D eigenvalue weighted by Gasteiger charge is -2.15. The maximum atomic E-state index is 9.96. The average molecular weight is 328 g/mol. The minimum absolute atomic E-state index is 0.0104. The van der Waals surface area contributed by atoms with Gasteiger partial charge in [0.2, 0.25) is 0 Å². The fraction of sp³-hybridized carbons (Fsp3) is 0.600. The van der Waals surface area contributed by atoms with Crippen molar-refractivity contribution in [2.75, 3.05) is 26.4 Å². The van der Waals surface area contributed by atoms with Crippen LogP contribution >= 0.6 is 0 Å². The third-order valence-corrected chi connectivity index (χ3v) is 2.78. The fourth-order valence-electron chi connectivity index (χ4n) is 1.64. The largest absolute Gasteiger partial charge is 0.494 e. The first-order valence-electron chi connectivity index (χ1n) is 7.51. The minimum Gasteiger partial charge on any atom is -0.494 e. The molecule has 0 aliphatic rings. The van der Waals surface area contributed by atoms with Gasteiger partial charge in [0.15, 0.2) is 0 Å². The minimum atomic E-state index is -0.822. The summed E-state index contributed by atoms with van der Waals surface area (Å²) in [5.41, 5.74) is 0. The van der Waals surface area contributed by atoms with E-state index in [2.05, 4.69) is 10.2 Å². The smallest absolute Gasteiger partial charge is 0.294 e. The van der Waals surface area contributed by atoms with Crippen LogP contribution in [0.3, 0.4) is 0 Å². The lowest BCUT2D eigenvalue weighted by Crippen LogP contribution is -2.35. The second kappa shape index (κ2) is 10.6. The summed E-state index contributed by atoms with van der Waals surface area (Å²) in [5.74, 6) is 1.28. The average Bonchev–Trinajstić information content (AvgIpc) is 2.51. The van der Waals surface area contributed by atoms with E-state index in [9.17, 15) is 15.2 Å². The first kappa shape index (κ1) is 19.0. The van der Waals surface area contributed by atoms with E-state index in [-0.39, 0.29) is 13.2 Å². The summed E-state index contributed by atoms with van der Waals surface area (Å²) in [6.07, 6.45) is -0.149. The van der Waals surface area contributed by atoms with Gasteiger partial charge < -0.3 is 24.7 Å². The van der Waals surface area contributed by atoms with E-state index in [1.165, 1.54) is 0 Å². The third-order valence-electron chi connectivity index (χ3n) is 2.78. The SMILES string of the molecule is CC(C)NCC(O)COc1ccc(OCCCO[N+](=O)[O-])cc1. The van der Waals surface area contributed by atoms with Crippen LogP contribution < -0.4 is 14.8 Å². The van der Waals surface area contributed by atoms with Gasteiger partial charge in [0.05, 0.1) is 13.2 Å². The van der Waals surface area contributed by atoms with Crippen LogP contribution in [0, 0.1) is 10.1 Å². The van der Waals surface area contributed by atoms with Crippen molar-refractivity contribution in [3.8, 4) is 11.5 Å². The van der Waals surface area contributed by atoms with E-state index in [1.54, 1.807) is 24.3 Å². The fourth-order valence-corrected chi connectivity index (χ4v) is 1.64. The number of hydrogen-bond donors (Lipinski definition) is 2. The highest BCUT2D eigenvalue weighted by atomic mass is 16.9. The normalized spacial score (nSPS) is 12.0. The molecule has 0 fully saturated rings. The number of benzene rings is 1. The summed E-state index contributed by atoms with van der Waals surface area (Å²) in [5, 5.41) is 22.0. The Labute approximate surface area is 135 Å². The lowest BCUT2D eigenvalue weighted by molar-refractivity contribution is -0.757. The van der Waals surface area contributed by atoms with Crippen molar-refractivity contribution in [3.05, 3.63) is 34.4 Å². The van der Waals surface area contributed by atoms with Crippen molar-refractivity contribution in [3.63, 3.8) is 0 Å². The molecule has 8 nitrogen and oxygen atoms in total. The maximum Gasteiger partial charge on any atom is 0.294 e. The summed E-state index contributed by atoms with van der Waals surface area (Å²) in [7, 11) is 0. The lowest BCUT2D eigenvalue weighted by atomic mass is 10.3. The number of nitrogens with zero attached hydrogens (tertiary/aromatic N) is 1. The zero-order valence-corrected chi connectivity index (χ0v) is 13.4. The highest BCUT2D eigenvalue weighted by molar-refractivity contribution is 5.31. The Morgan fingerprint density at radius 2 is 1.78 bits per heavy atom. The van der Waals surface area contributed by atoms with Crippen molar-refractivity contribution >= 4 is 0 Å². The van der Waals surface area contributed by atoms with Crippen LogP contribution in [-0.2, 0) is 4.84 Å². The van der Waals surface area contributed by atoms with Crippen LogP contribution in [0.1, 0.15) is 20.3 Å². The Bertz CT molecular complexity index is 452. The molecule has 0 bridgehead atoms. The van der Waals surface area contributed by atoms with Gasteiger partial charge in [-0.05, 0) is 24.3 Å². The molecule has 0 saturated carbocycles. The van der Waals surface area contributed by atoms with Crippen molar-refractivity contribution in [2.45, 2.75) is 32.4 Å². The maximum absolute atomic E-state index is 9.96. The highest BCUT2D eigenvalue weighted by Crippen LogP contribution is 2.17. The second-order valence-electron chi connectivity index (χ2n) is 5.26. The van der Waals surface area contributed by atoms with Gasteiger partial charge in [0, 0.05) is 19.0 Å². The van der Waals surface area contributed by atoms with Gasteiger partial charge in [0.25, 0.3) is 5.09 Å². The van der Waals surface area contributed by atoms with Gasteiger partial charge >= 0.3 is 0 Å². The van der Waals surface area contributed by atoms with Gasteiger partial charge in [-0.15, -0.1) is 10.1 Å². The van der Waals surface area contributed by atoms with Crippen LogP contribution in [0.5, 0.6) is 11.5 Å². The number of rotatable bonds is 12. The molecule has 1 atom stereocenters. The summed E-state index contributed by atoms with van der Waals surface area (Å²) in [6.45, 7) is 5.04. The highest BCUT2D eigenvalue weighted by Gasteiger charge is 2.06. The molecule has 0 aliphatic heterocycles. The zero-order chi connectivity index (χ0) is 17.1. The van der Waals surface area contributed by atoms with E-state index in [0.717, 1.165) is 0 Å².